The third-order valence-corrected chi connectivity index (χ3v) is 3.90. The van der Waals surface area contributed by atoms with E-state index in [0.29, 0.717) is 22.6 Å². The third-order valence-electron chi connectivity index (χ3n) is 3.90. The van der Waals surface area contributed by atoms with Crippen molar-refractivity contribution in [3.63, 3.8) is 0 Å². The van der Waals surface area contributed by atoms with Crippen LogP contribution in [0.5, 0.6) is 17.2 Å². The first-order chi connectivity index (χ1) is 12.1. The van der Waals surface area contributed by atoms with Crippen LogP contribution in [0.2, 0.25) is 0 Å². The van der Waals surface area contributed by atoms with Crippen molar-refractivity contribution in [2.45, 2.75) is 18.9 Å². The molecule has 0 aliphatic heterocycles. The Labute approximate surface area is 145 Å². The monoisotopic (exact) mass is 345 g/mol. The number of carbonyl (C=O) groups is 1. The highest BCUT2D eigenvalue weighted by Gasteiger charge is 2.23. The fraction of sp³-hybridized carbons (Fsp3) is 0.316. The van der Waals surface area contributed by atoms with Gasteiger partial charge in [0.15, 0.2) is 18.1 Å². The van der Waals surface area contributed by atoms with Crippen LogP contribution >= 0.6 is 0 Å². The molecule has 0 unspecified atom stereocenters. The van der Waals surface area contributed by atoms with E-state index >= 15 is 0 Å². The lowest BCUT2D eigenvalue weighted by atomic mass is 10.0. The fourth-order valence-electron chi connectivity index (χ4n) is 2.56. The van der Waals surface area contributed by atoms with Crippen LogP contribution in [-0.2, 0) is 4.79 Å². The molecule has 0 aromatic heterocycles. The van der Waals surface area contributed by atoms with E-state index in [9.17, 15) is 9.18 Å². The van der Waals surface area contributed by atoms with E-state index in [4.69, 9.17) is 14.2 Å². The van der Waals surface area contributed by atoms with E-state index in [1.54, 1.807) is 31.4 Å². The maximum absolute atomic E-state index is 14.0. The molecule has 1 aliphatic carbocycles. The van der Waals surface area contributed by atoms with Crippen LogP contribution in [0.4, 0.5) is 4.39 Å². The van der Waals surface area contributed by atoms with E-state index in [2.05, 4.69) is 5.32 Å². The van der Waals surface area contributed by atoms with Crippen molar-refractivity contribution >= 4 is 5.91 Å². The molecule has 1 fully saturated rings. The Balaban J connectivity index is 1.82. The molecule has 6 heteroatoms. The lowest BCUT2D eigenvalue weighted by molar-refractivity contribution is -0.123. The molecule has 1 amide bonds. The summed E-state index contributed by atoms with van der Waals surface area (Å²) in [6.07, 6.45) is 2.01. The summed E-state index contributed by atoms with van der Waals surface area (Å²) in [6, 6.07) is 9.94. The van der Waals surface area contributed by atoms with E-state index in [0.717, 1.165) is 12.8 Å². The molecule has 1 aliphatic rings. The number of carbonyl (C=O) groups excluding carboxylic acids is 1. The SMILES string of the molecule is COc1cccc(-c2cc(F)cc(OCC(=O)NC3CC3)c2)c1OC. The van der Waals surface area contributed by atoms with Crippen LogP contribution in [0, 0.1) is 5.82 Å². The van der Waals surface area contributed by atoms with E-state index in [1.165, 1.54) is 19.2 Å². The van der Waals surface area contributed by atoms with Crippen LogP contribution in [-0.4, -0.2) is 32.8 Å². The lowest BCUT2D eigenvalue weighted by Gasteiger charge is -2.14. The Morgan fingerprint density at radius 1 is 1.20 bits per heavy atom. The van der Waals surface area contributed by atoms with Crippen molar-refractivity contribution in [2.24, 2.45) is 0 Å². The number of methoxy groups -OCH3 is 2. The average molecular weight is 345 g/mol. The molecule has 0 saturated heterocycles. The minimum atomic E-state index is -0.458. The van der Waals surface area contributed by atoms with Gasteiger partial charge in [0.2, 0.25) is 0 Å². The Bertz CT molecular complexity index is 774. The number of halogens is 1. The van der Waals surface area contributed by atoms with Crippen LogP contribution in [0.3, 0.4) is 0 Å². The average Bonchev–Trinajstić information content (AvgIpc) is 3.42. The standard InChI is InChI=1S/C19H20FNO4/c1-23-17-5-3-4-16(19(17)24-2)12-8-13(20)10-15(9-12)25-11-18(22)21-14-6-7-14/h3-5,8-10,14H,6-7,11H2,1-2H3,(H,21,22). The van der Waals surface area contributed by atoms with Gasteiger partial charge < -0.3 is 19.5 Å². The number of hydrogen-bond donors (Lipinski definition) is 1. The number of benzene rings is 2. The number of hydrogen-bond acceptors (Lipinski definition) is 4. The summed E-state index contributed by atoms with van der Waals surface area (Å²) >= 11 is 0. The molecular weight excluding hydrogens is 325 g/mol. The summed E-state index contributed by atoms with van der Waals surface area (Å²) in [6.45, 7) is -0.144. The number of amides is 1. The second kappa shape index (κ2) is 7.42. The largest absolute Gasteiger partial charge is 0.493 e. The molecule has 0 bridgehead atoms. The zero-order valence-electron chi connectivity index (χ0n) is 14.2. The normalized spacial score (nSPS) is 13.2. The summed E-state index contributed by atoms with van der Waals surface area (Å²) in [4.78, 5) is 11.7. The van der Waals surface area contributed by atoms with Crippen molar-refractivity contribution in [2.75, 3.05) is 20.8 Å². The maximum Gasteiger partial charge on any atom is 0.258 e. The summed E-state index contributed by atoms with van der Waals surface area (Å²) in [7, 11) is 3.07. The molecule has 3 rings (SSSR count). The Kier molecular flexibility index (Phi) is 5.07. The number of ether oxygens (including phenoxy) is 3. The molecule has 25 heavy (non-hydrogen) atoms. The topological polar surface area (TPSA) is 56.8 Å². The number of para-hydroxylation sites is 1. The van der Waals surface area contributed by atoms with Gasteiger partial charge in [-0.3, -0.25) is 4.79 Å². The number of nitrogens with one attached hydrogen (secondary N) is 1. The van der Waals surface area contributed by atoms with Crippen molar-refractivity contribution in [3.05, 3.63) is 42.2 Å². The van der Waals surface area contributed by atoms with E-state index in [1.807, 2.05) is 0 Å². The lowest BCUT2D eigenvalue weighted by Crippen LogP contribution is -2.30. The van der Waals surface area contributed by atoms with Crippen molar-refractivity contribution in [3.8, 4) is 28.4 Å². The Morgan fingerprint density at radius 2 is 2.00 bits per heavy atom. The van der Waals surface area contributed by atoms with Crippen molar-refractivity contribution in [1.82, 2.24) is 5.32 Å². The first kappa shape index (κ1) is 17.1. The van der Waals surface area contributed by atoms with Gasteiger partial charge in [-0.2, -0.15) is 0 Å². The summed E-state index contributed by atoms with van der Waals surface area (Å²) < 4.78 is 30.1. The van der Waals surface area contributed by atoms with Gasteiger partial charge in [-0.25, -0.2) is 4.39 Å². The third kappa shape index (κ3) is 4.21. The zero-order valence-corrected chi connectivity index (χ0v) is 14.2. The van der Waals surface area contributed by atoms with Gasteiger partial charge in [-0.15, -0.1) is 0 Å². The molecule has 0 atom stereocenters. The van der Waals surface area contributed by atoms with Crippen LogP contribution in [0.1, 0.15) is 12.8 Å². The van der Waals surface area contributed by atoms with Crippen LogP contribution in [0.15, 0.2) is 36.4 Å². The second-order valence-corrected chi connectivity index (χ2v) is 5.85. The van der Waals surface area contributed by atoms with Crippen LogP contribution < -0.4 is 19.5 Å². The smallest absolute Gasteiger partial charge is 0.258 e. The Morgan fingerprint density at radius 3 is 2.68 bits per heavy atom. The minimum absolute atomic E-state index is 0.144. The summed E-state index contributed by atoms with van der Waals surface area (Å²) in [5.41, 5.74) is 1.25. The molecule has 0 heterocycles. The van der Waals surface area contributed by atoms with Gasteiger partial charge in [-0.05, 0) is 36.6 Å². The van der Waals surface area contributed by atoms with Gasteiger partial charge in [0, 0.05) is 17.7 Å². The molecule has 1 N–H and O–H groups in total. The highest BCUT2D eigenvalue weighted by atomic mass is 19.1. The molecule has 2 aromatic carbocycles. The summed E-state index contributed by atoms with van der Waals surface area (Å²) in [5.74, 6) is 0.682. The maximum atomic E-state index is 14.0. The first-order valence-electron chi connectivity index (χ1n) is 8.05. The molecule has 1 saturated carbocycles. The van der Waals surface area contributed by atoms with E-state index < -0.39 is 5.82 Å². The van der Waals surface area contributed by atoms with Gasteiger partial charge in [0.1, 0.15) is 11.6 Å². The van der Waals surface area contributed by atoms with Crippen molar-refractivity contribution in [1.29, 1.82) is 0 Å². The number of rotatable bonds is 7. The molecular formula is C19H20FNO4. The fourth-order valence-corrected chi connectivity index (χ4v) is 2.56. The molecule has 0 radical (unpaired) electrons. The highest BCUT2D eigenvalue weighted by Crippen LogP contribution is 2.39. The van der Waals surface area contributed by atoms with Gasteiger partial charge in [0.05, 0.1) is 14.2 Å². The van der Waals surface area contributed by atoms with Gasteiger partial charge >= 0.3 is 0 Å². The second-order valence-electron chi connectivity index (χ2n) is 5.85. The molecule has 132 valence electrons. The van der Waals surface area contributed by atoms with Gasteiger partial charge in [-0.1, -0.05) is 12.1 Å². The predicted octanol–water partition coefficient (Wildman–Crippen LogP) is 3.17. The molecule has 5 nitrogen and oxygen atoms in total. The molecule has 0 spiro atoms. The minimum Gasteiger partial charge on any atom is -0.493 e. The first-order valence-corrected chi connectivity index (χ1v) is 8.05. The van der Waals surface area contributed by atoms with Crippen LogP contribution in [0.25, 0.3) is 11.1 Å². The quantitative estimate of drug-likeness (QED) is 0.837. The van der Waals surface area contributed by atoms with Gasteiger partial charge in [0.25, 0.3) is 5.91 Å². The summed E-state index contributed by atoms with van der Waals surface area (Å²) in [5, 5.41) is 2.82. The highest BCUT2D eigenvalue weighted by molar-refractivity contribution is 5.78. The molecule has 2 aromatic rings. The Hall–Kier alpha value is -2.76. The zero-order chi connectivity index (χ0) is 17.8. The van der Waals surface area contributed by atoms with Crippen molar-refractivity contribution < 1.29 is 23.4 Å². The van der Waals surface area contributed by atoms with E-state index in [-0.39, 0.29) is 24.3 Å². The predicted molar refractivity (Wildman–Crippen MR) is 91.6 cm³/mol.